The minimum absolute atomic E-state index is 0.210. The van der Waals surface area contributed by atoms with Crippen molar-refractivity contribution < 1.29 is 8.78 Å². The summed E-state index contributed by atoms with van der Waals surface area (Å²) in [6.45, 7) is 5.05. The van der Waals surface area contributed by atoms with Gasteiger partial charge in [-0.25, -0.2) is 8.78 Å². The van der Waals surface area contributed by atoms with Crippen LogP contribution < -0.4 is 10.2 Å². The second kappa shape index (κ2) is 5.20. The highest BCUT2D eigenvalue weighted by atomic mass is 19.1. The third kappa shape index (κ3) is 2.38. The van der Waals surface area contributed by atoms with Gasteiger partial charge in [-0.1, -0.05) is 0 Å². The molecule has 6 heteroatoms. The van der Waals surface area contributed by atoms with Crippen LogP contribution in [0, 0.1) is 18.6 Å². The first-order valence-corrected chi connectivity index (χ1v) is 6.62. The molecular weight excluding hydrogens is 262 g/mol. The number of nitrogens with one attached hydrogen (secondary N) is 2. The van der Waals surface area contributed by atoms with E-state index in [9.17, 15) is 8.78 Å². The van der Waals surface area contributed by atoms with E-state index in [2.05, 4.69) is 20.4 Å². The Morgan fingerprint density at radius 2 is 1.85 bits per heavy atom. The van der Waals surface area contributed by atoms with Crippen LogP contribution in [0.25, 0.3) is 11.3 Å². The van der Waals surface area contributed by atoms with Gasteiger partial charge in [-0.2, -0.15) is 5.10 Å². The summed E-state index contributed by atoms with van der Waals surface area (Å²) in [6.07, 6.45) is 0. The smallest absolute Gasteiger partial charge is 0.151 e. The van der Waals surface area contributed by atoms with E-state index in [0.29, 0.717) is 11.3 Å². The molecule has 1 aliphatic heterocycles. The third-order valence-corrected chi connectivity index (χ3v) is 3.54. The topological polar surface area (TPSA) is 44.0 Å². The Morgan fingerprint density at radius 1 is 1.10 bits per heavy atom. The van der Waals surface area contributed by atoms with Crippen molar-refractivity contribution in [3.8, 4) is 11.3 Å². The van der Waals surface area contributed by atoms with Crippen molar-refractivity contribution in [2.45, 2.75) is 6.92 Å². The van der Waals surface area contributed by atoms with Gasteiger partial charge in [0.2, 0.25) is 0 Å². The number of halogens is 2. The van der Waals surface area contributed by atoms with E-state index in [-0.39, 0.29) is 5.56 Å². The molecule has 0 radical (unpaired) electrons. The number of hydrogen-bond donors (Lipinski definition) is 2. The van der Waals surface area contributed by atoms with Gasteiger partial charge in [0.15, 0.2) is 5.82 Å². The Balaban J connectivity index is 1.91. The fourth-order valence-electron chi connectivity index (χ4n) is 2.36. The highest BCUT2D eigenvalue weighted by Crippen LogP contribution is 2.26. The molecule has 0 aliphatic carbocycles. The molecule has 0 bridgehead atoms. The SMILES string of the molecule is Cc1cc(F)c(-c2cc(N3CCNCC3)n[nH]2)cc1F. The zero-order chi connectivity index (χ0) is 14.1. The van der Waals surface area contributed by atoms with Gasteiger partial charge in [0, 0.05) is 37.8 Å². The van der Waals surface area contributed by atoms with E-state index in [1.54, 1.807) is 13.0 Å². The third-order valence-electron chi connectivity index (χ3n) is 3.54. The lowest BCUT2D eigenvalue weighted by Gasteiger charge is -2.26. The average molecular weight is 278 g/mol. The van der Waals surface area contributed by atoms with Crippen LogP contribution in [0.3, 0.4) is 0 Å². The molecule has 3 rings (SSSR count). The second-order valence-corrected chi connectivity index (χ2v) is 4.96. The second-order valence-electron chi connectivity index (χ2n) is 4.96. The molecule has 2 aromatic rings. The Labute approximate surface area is 115 Å². The molecule has 0 spiro atoms. The molecule has 4 nitrogen and oxygen atoms in total. The number of nitrogens with zero attached hydrogens (tertiary/aromatic N) is 2. The van der Waals surface area contributed by atoms with Crippen molar-refractivity contribution >= 4 is 5.82 Å². The maximum atomic E-state index is 13.9. The number of aromatic amines is 1. The molecule has 1 aromatic carbocycles. The van der Waals surface area contributed by atoms with Gasteiger partial charge in [0.1, 0.15) is 11.6 Å². The zero-order valence-electron chi connectivity index (χ0n) is 11.2. The van der Waals surface area contributed by atoms with Gasteiger partial charge in [-0.05, 0) is 24.6 Å². The molecule has 0 unspecified atom stereocenters. The first-order chi connectivity index (χ1) is 9.65. The Morgan fingerprint density at radius 3 is 2.60 bits per heavy atom. The maximum Gasteiger partial charge on any atom is 0.151 e. The molecule has 2 N–H and O–H groups in total. The maximum absolute atomic E-state index is 13.9. The number of anilines is 1. The monoisotopic (exact) mass is 278 g/mol. The summed E-state index contributed by atoms with van der Waals surface area (Å²) >= 11 is 0. The van der Waals surface area contributed by atoms with Crippen LogP contribution in [0.1, 0.15) is 5.56 Å². The summed E-state index contributed by atoms with van der Waals surface area (Å²) in [5.74, 6) is -0.0963. The molecule has 1 saturated heterocycles. The van der Waals surface area contributed by atoms with Crippen LogP contribution in [0.5, 0.6) is 0 Å². The summed E-state index contributed by atoms with van der Waals surface area (Å²) in [6, 6.07) is 4.17. The molecule has 0 amide bonds. The van der Waals surface area contributed by atoms with Gasteiger partial charge in [0.05, 0.1) is 5.69 Å². The lowest BCUT2D eigenvalue weighted by atomic mass is 10.1. The molecule has 1 aromatic heterocycles. The summed E-state index contributed by atoms with van der Waals surface area (Å²) in [7, 11) is 0. The van der Waals surface area contributed by atoms with Crippen molar-refractivity contribution in [1.82, 2.24) is 15.5 Å². The Hall–Kier alpha value is -1.95. The van der Waals surface area contributed by atoms with E-state index >= 15 is 0 Å². The number of hydrogen-bond acceptors (Lipinski definition) is 3. The number of H-pyrrole nitrogens is 1. The summed E-state index contributed by atoms with van der Waals surface area (Å²) in [5, 5.41) is 10.2. The summed E-state index contributed by atoms with van der Waals surface area (Å²) in [4.78, 5) is 2.11. The van der Waals surface area contributed by atoms with Crippen molar-refractivity contribution in [2.75, 3.05) is 31.1 Å². The van der Waals surface area contributed by atoms with E-state index < -0.39 is 11.6 Å². The van der Waals surface area contributed by atoms with E-state index in [4.69, 9.17) is 0 Å². The Kier molecular flexibility index (Phi) is 3.40. The zero-order valence-corrected chi connectivity index (χ0v) is 11.2. The highest BCUT2D eigenvalue weighted by Gasteiger charge is 2.16. The molecular formula is C14H16F2N4. The summed E-state index contributed by atoms with van der Waals surface area (Å²) in [5.41, 5.74) is 1.00. The van der Waals surface area contributed by atoms with Gasteiger partial charge in [-0.15, -0.1) is 0 Å². The number of benzene rings is 1. The largest absolute Gasteiger partial charge is 0.353 e. The van der Waals surface area contributed by atoms with Crippen LogP contribution in [-0.2, 0) is 0 Å². The van der Waals surface area contributed by atoms with Crippen LogP contribution in [0.4, 0.5) is 14.6 Å². The van der Waals surface area contributed by atoms with Crippen LogP contribution in [0.15, 0.2) is 18.2 Å². The number of piperazine rings is 1. The van der Waals surface area contributed by atoms with Crippen molar-refractivity contribution in [3.05, 3.63) is 35.4 Å². The van der Waals surface area contributed by atoms with E-state index in [1.165, 1.54) is 12.1 Å². The van der Waals surface area contributed by atoms with Crippen LogP contribution >= 0.6 is 0 Å². The quantitative estimate of drug-likeness (QED) is 0.884. The normalized spacial score (nSPS) is 15.7. The summed E-state index contributed by atoms with van der Waals surface area (Å²) < 4.78 is 27.5. The fourth-order valence-corrected chi connectivity index (χ4v) is 2.36. The first kappa shape index (κ1) is 13.1. The van der Waals surface area contributed by atoms with Crippen molar-refractivity contribution in [3.63, 3.8) is 0 Å². The highest BCUT2D eigenvalue weighted by molar-refractivity contribution is 5.64. The van der Waals surface area contributed by atoms with Crippen LogP contribution in [0.2, 0.25) is 0 Å². The first-order valence-electron chi connectivity index (χ1n) is 6.62. The van der Waals surface area contributed by atoms with Gasteiger partial charge in [-0.3, -0.25) is 5.10 Å². The number of aromatic nitrogens is 2. The van der Waals surface area contributed by atoms with Gasteiger partial charge in [0.25, 0.3) is 0 Å². The van der Waals surface area contributed by atoms with Gasteiger partial charge < -0.3 is 10.2 Å². The molecule has 0 saturated carbocycles. The Bertz CT molecular complexity index is 618. The minimum Gasteiger partial charge on any atom is -0.353 e. The molecule has 0 atom stereocenters. The molecule has 20 heavy (non-hydrogen) atoms. The lowest BCUT2D eigenvalue weighted by Crippen LogP contribution is -2.43. The molecule has 106 valence electrons. The molecule has 2 heterocycles. The van der Waals surface area contributed by atoms with E-state index in [1.807, 2.05) is 0 Å². The minimum atomic E-state index is -0.445. The average Bonchev–Trinajstić information content (AvgIpc) is 2.93. The molecule has 1 fully saturated rings. The van der Waals surface area contributed by atoms with Crippen molar-refractivity contribution in [1.29, 1.82) is 0 Å². The number of aryl methyl sites for hydroxylation is 1. The predicted octanol–water partition coefficient (Wildman–Crippen LogP) is 2.07. The van der Waals surface area contributed by atoms with Crippen LogP contribution in [-0.4, -0.2) is 36.4 Å². The van der Waals surface area contributed by atoms with Crippen molar-refractivity contribution in [2.24, 2.45) is 0 Å². The van der Waals surface area contributed by atoms with Gasteiger partial charge >= 0.3 is 0 Å². The predicted molar refractivity (Wildman–Crippen MR) is 73.8 cm³/mol. The standard InChI is InChI=1S/C14H16F2N4/c1-9-6-12(16)10(7-11(9)15)13-8-14(19-18-13)20-4-2-17-3-5-20/h6-8,17H,2-5H2,1H3,(H,18,19). The number of rotatable bonds is 2. The lowest BCUT2D eigenvalue weighted by molar-refractivity contribution is 0.584. The molecule has 1 aliphatic rings. The fraction of sp³-hybridized carbons (Fsp3) is 0.357. The van der Waals surface area contributed by atoms with E-state index in [0.717, 1.165) is 32.0 Å².